The third-order valence-electron chi connectivity index (χ3n) is 5.72. The minimum Gasteiger partial charge on any atom is -0.481 e. The number of piperazine rings is 1. The van der Waals surface area contributed by atoms with Crippen LogP contribution in [-0.2, 0) is 14.8 Å². The molecule has 1 aromatic rings. The topological polar surface area (TPSA) is 77.9 Å². The molecule has 6 nitrogen and oxygen atoms in total. The van der Waals surface area contributed by atoms with Crippen LogP contribution in [0, 0.1) is 5.92 Å². The normalized spacial score (nSPS) is 20.9. The van der Waals surface area contributed by atoms with Crippen molar-refractivity contribution in [3.05, 3.63) is 29.8 Å². The van der Waals surface area contributed by atoms with Crippen molar-refractivity contribution in [3.63, 3.8) is 0 Å². The van der Waals surface area contributed by atoms with Gasteiger partial charge in [-0.05, 0) is 37.1 Å². The van der Waals surface area contributed by atoms with Crippen molar-refractivity contribution in [1.29, 1.82) is 0 Å². The highest BCUT2D eigenvalue weighted by atomic mass is 35.5. The molecule has 1 N–H and O–H groups in total. The van der Waals surface area contributed by atoms with Gasteiger partial charge in [0.2, 0.25) is 10.0 Å². The summed E-state index contributed by atoms with van der Waals surface area (Å²) in [5.41, 5.74) is 0.696. The van der Waals surface area contributed by atoms with Crippen LogP contribution < -0.4 is 0 Å². The summed E-state index contributed by atoms with van der Waals surface area (Å²) in [7, 11) is -1.53. The molecule has 2 fully saturated rings. The summed E-state index contributed by atoms with van der Waals surface area (Å²) in [6, 6.07) is 6.48. The monoisotopic (exact) mass is 416 g/mol. The maximum Gasteiger partial charge on any atom is 0.310 e. The van der Waals surface area contributed by atoms with Crippen molar-refractivity contribution in [2.24, 2.45) is 5.92 Å². The lowest BCUT2D eigenvalue weighted by atomic mass is 9.88. The molecule has 0 radical (unpaired) electrons. The zero-order valence-corrected chi connectivity index (χ0v) is 17.3. The molecule has 1 saturated carbocycles. The molecule has 0 aromatic heterocycles. The van der Waals surface area contributed by atoms with E-state index in [0.717, 1.165) is 25.9 Å². The Morgan fingerprint density at radius 1 is 1.11 bits per heavy atom. The number of hydrogen-bond acceptors (Lipinski definition) is 4. The molecule has 1 aromatic carbocycles. The lowest BCUT2D eigenvalue weighted by Gasteiger charge is -2.31. The van der Waals surface area contributed by atoms with Crippen molar-refractivity contribution in [2.75, 3.05) is 33.2 Å². The van der Waals surface area contributed by atoms with Crippen LogP contribution in [0.4, 0.5) is 0 Å². The molecular formula is C19H29ClN2O4S. The molecule has 3 rings (SSSR count). The highest BCUT2D eigenvalue weighted by Crippen LogP contribution is 2.34. The Morgan fingerprint density at radius 2 is 1.67 bits per heavy atom. The van der Waals surface area contributed by atoms with Gasteiger partial charge in [-0.3, -0.25) is 4.79 Å². The molecule has 1 aliphatic heterocycles. The van der Waals surface area contributed by atoms with Crippen LogP contribution in [0.2, 0.25) is 0 Å². The second-order valence-corrected chi connectivity index (χ2v) is 9.49. The van der Waals surface area contributed by atoms with Gasteiger partial charge in [-0.2, -0.15) is 4.31 Å². The minimum atomic E-state index is -3.51. The number of sulfonamides is 1. The molecule has 1 unspecified atom stereocenters. The van der Waals surface area contributed by atoms with Gasteiger partial charge in [0.1, 0.15) is 0 Å². The quantitative estimate of drug-likeness (QED) is 0.771. The largest absolute Gasteiger partial charge is 0.481 e. The van der Waals surface area contributed by atoms with Crippen molar-refractivity contribution in [2.45, 2.75) is 42.9 Å². The third kappa shape index (κ3) is 5.22. The van der Waals surface area contributed by atoms with Crippen LogP contribution in [0.5, 0.6) is 0 Å². The van der Waals surface area contributed by atoms with E-state index in [1.807, 2.05) is 7.05 Å². The van der Waals surface area contributed by atoms with Gasteiger partial charge in [0.25, 0.3) is 0 Å². The van der Waals surface area contributed by atoms with E-state index < -0.39 is 21.9 Å². The van der Waals surface area contributed by atoms with Crippen LogP contribution in [0.3, 0.4) is 0 Å². The van der Waals surface area contributed by atoms with Crippen molar-refractivity contribution >= 4 is 28.4 Å². The Bertz CT molecular complexity index is 725. The molecule has 1 heterocycles. The summed E-state index contributed by atoms with van der Waals surface area (Å²) < 4.78 is 27.1. The zero-order chi connectivity index (χ0) is 18.7. The van der Waals surface area contributed by atoms with E-state index in [-0.39, 0.29) is 17.3 Å². The zero-order valence-electron chi connectivity index (χ0n) is 15.7. The minimum absolute atomic E-state index is 0. The van der Waals surface area contributed by atoms with Crippen molar-refractivity contribution in [1.82, 2.24) is 9.21 Å². The molecule has 0 bridgehead atoms. The second kappa shape index (κ2) is 9.37. The third-order valence-corrected chi connectivity index (χ3v) is 7.64. The van der Waals surface area contributed by atoms with E-state index in [0.29, 0.717) is 31.0 Å². The summed E-state index contributed by atoms with van der Waals surface area (Å²) >= 11 is 0. The fourth-order valence-electron chi connectivity index (χ4n) is 4.01. The maximum atomic E-state index is 12.8. The SMILES string of the molecule is CN1CCN(S(=O)(=O)c2ccc(C(CC3CCCC3)C(=O)O)cc2)CC1.Cl. The molecular weight excluding hydrogens is 388 g/mol. The average Bonchev–Trinajstić information content (AvgIpc) is 3.13. The van der Waals surface area contributed by atoms with E-state index in [4.69, 9.17) is 0 Å². The van der Waals surface area contributed by atoms with E-state index in [2.05, 4.69) is 4.90 Å². The van der Waals surface area contributed by atoms with E-state index in [9.17, 15) is 18.3 Å². The second-order valence-electron chi connectivity index (χ2n) is 7.55. The van der Waals surface area contributed by atoms with E-state index in [1.54, 1.807) is 24.3 Å². The van der Waals surface area contributed by atoms with Gasteiger partial charge in [-0.1, -0.05) is 37.8 Å². The van der Waals surface area contributed by atoms with E-state index in [1.165, 1.54) is 17.1 Å². The molecule has 152 valence electrons. The van der Waals surface area contributed by atoms with Crippen LogP contribution >= 0.6 is 12.4 Å². The Labute approximate surface area is 168 Å². The van der Waals surface area contributed by atoms with Crippen LogP contribution in [0.15, 0.2) is 29.2 Å². The number of hydrogen-bond donors (Lipinski definition) is 1. The van der Waals surface area contributed by atoms with Gasteiger partial charge in [-0.25, -0.2) is 8.42 Å². The first kappa shape index (κ1) is 22.1. The summed E-state index contributed by atoms with van der Waals surface area (Å²) in [5, 5.41) is 9.61. The molecule has 0 amide bonds. The number of carboxylic acid groups (broad SMARTS) is 1. The number of rotatable bonds is 6. The number of halogens is 1. The average molecular weight is 417 g/mol. The van der Waals surface area contributed by atoms with Gasteiger partial charge in [0.15, 0.2) is 0 Å². The van der Waals surface area contributed by atoms with Gasteiger partial charge >= 0.3 is 5.97 Å². The Morgan fingerprint density at radius 3 is 2.19 bits per heavy atom. The summed E-state index contributed by atoms with van der Waals surface area (Å²) in [4.78, 5) is 14.1. The molecule has 1 saturated heterocycles. The lowest BCUT2D eigenvalue weighted by Crippen LogP contribution is -2.47. The van der Waals surface area contributed by atoms with Crippen LogP contribution in [0.25, 0.3) is 0 Å². The number of nitrogens with zero attached hydrogens (tertiary/aromatic N) is 2. The summed E-state index contributed by atoms with van der Waals surface area (Å²) in [6.07, 6.45) is 5.19. The smallest absolute Gasteiger partial charge is 0.310 e. The predicted octanol–water partition coefficient (Wildman–Crippen LogP) is 2.79. The summed E-state index contributed by atoms with van der Waals surface area (Å²) in [5.74, 6) is -0.921. The number of carbonyl (C=O) groups is 1. The van der Waals surface area contributed by atoms with Crippen molar-refractivity contribution in [3.8, 4) is 0 Å². The number of aliphatic carboxylic acids is 1. The molecule has 2 aliphatic rings. The highest BCUT2D eigenvalue weighted by Gasteiger charge is 2.29. The first-order valence-electron chi connectivity index (χ1n) is 9.39. The van der Waals surface area contributed by atoms with Crippen LogP contribution in [0.1, 0.15) is 43.6 Å². The first-order chi connectivity index (χ1) is 12.4. The van der Waals surface area contributed by atoms with Gasteiger partial charge in [0, 0.05) is 26.2 Å². The highest BCUT2D eigenvalue weighted by molar-refractivity contribution is 7.89. The molecule has 0 spiro atoms. The predicted molar refractivity (Wildman–Crippen MR) is 107 cm³/mol. The number of likely N-dealkylation sites (N-methyl/N-ethyl adjacent to an activating group) is 1. The Hall–Kier alpha value is -1.15. The Balaban J connectivity index is 0.00000261. The number of benzene rings is 1. The molecule has 1 aliphatic carbocycles. The van der Waals surface area contributed by atoms with Crippen molar-refractivity contribution < 1.29 is 18.3 Å². The van der Waals surface area contributed by atoms with Gasteiger partial charge in [-0.15, -0.1) is 12.4 Å². The first-order valence-corrected chi connectivity index (χ1v) is 10.8. The fraction of sp³-hybridized carbons (Fsp3) is 0.632. The lowest BCUT2D eigenvalue weighted by molar-refractivity contribution is -0.139. The standard InChI is InChI=1S/C19H28N2O4S.ClH/c1-20-10-12-21(13-11-20)26(24,25)17-8-6-16(7-9-17)18(19(22)23)14-15-4-2-3-5-15;/h6-9,15,18H,2-5,10-14H2,1H3,(H,22,23);1H. The molecule has 1 atom stereocenters. The van der Waals surface area contributed by atoms with Gasteiger partial charge in [0.05, 0.1) is 10.8 Å². The molecule has 27 heavy (non-hydrogen) atoms. The van der Waals surface area contributed by atoms with Gasteiger partial charge < -0.3 is 10.0 Å². The van der Waals surface area contributed by atoms with Crippen LogP contribution in [-0.4, -0.2) is 61.9 Å². The Kier molecular flexibility index (Phi) is 7.68. The number of carboxylic acids is 1. The fourth-order valence-corrected chi connectivity index (χ4v) is 5.43. The molecule has 8 heteroatoms. The summed E-state index contributed by atoms with van der Waals surface area (Å²) in [6.45, 7) is 2.42. The maximum absolute atomic E-state index is 12.8. The van der Waals surface area contributed by atoms with E-state index >= 15 is 0 Å².